The summed E-state index contributed by atoms with van der Waals surface area (Å²) in [5.41, 5.74) is 0. The van der Waals surface area contributed by atoms with Crippen molar-refractivity contribution in [3.05, 3.63) is 24.3 Å². The number of aliphatic hydroxyl groups excluding tert-OH is 1. The number of unbranched alkanes of at least 4 members (excludes halogenated alkanes) is 43. The van der Waals surface area contributed by atoms with Crippen LogP contribution >= 0.6 is 0 Å². The van der Waals surface area contributed by atoms with Crippen molar-refractivity contribution >= 4 is 11.9 Å². The maximum Gasteiger partial charge on any atom is 0.306 e. The molecule has 0 fully saturated rings. The zero-order valence-corrected chi connectivity index (χ0v) is 44.0. The van der Waals surface area contributed by atoms with Crippen LogP contribution in [0, 0.1) is 0 Å². The molecule has 0 rings (SSSR count). The van der Waals surface area contributed by atoms with E-state index in [2.05, 4.69) is 38.2 Å². The molecule has 0 bridgehead atoms. The van der Waals surface area contributed by atoms with Gasteiger partial charge in [-0.15, -0.1) is 0 Å². The fraction of sp³-hybridized carbons (Fsp3) is 0.900. The fourth-order valence-corrected chi connectivity index (χ4v) is 9.06. The van der Waals surface area contributed by atoms with E-state index in [1.54, 1.807) is 0 Å². The molecule has 0 amide bonds. The van der Waals surface area contributed by atoms with Crippen molar-refractivity contribution in [2.24, 2.45) is 0 Å². The van der Waals surface area contributed by atoms with Gasteiger partial charge in [0.25, 0.3) is 0 Å². The number of allylic oxidation sites excluding steroid dienone is 4. The Labute approximate surface area is 406 Å². The molecule has 0 aliphatic heterocycles. The lowest BCUT2D eigenvalue weighted by molar-refractivity contribution is -0.161. The van der Waals surface area contributed by atoms with E-state index < -0.39 is 6.10 Å². The zero-order valence-electron chi connectivity index (χ0n) is 44.0. The minimum absolute atomic E-state index is 0.0583. The molecule has 0 aromatic heterocycles. The minimum Gasteiger partial charge on any atom is -0.462 e. The Morgan fingerprint density at radius 2 is 0.615 bits per heavy atom. The van der Waals surface area contributed by atoms with E-state index in [0.717, 1.165) is 44.9 Å². The average Bonchev–Trinajstić information content (AvgIpc) is 3.31. The van der Waals surface area contributed by atoms with Gasteiger partial charge in [0.05, 0.1) is 6.61 Å². The second-order valence-electron chi connectivity index (χ2n) is 20.1. The van der Waals surface area contributed by atoms with Crippen molar-refractivity contribution in [3.8, 4) is 0 Å². The summed E-state index contributed by atoms with van der Waals surface area (Å²) in [6.07, 6.45) is 72.0. The molecule has 5 nitrogen and oxygen atoms in total. The van der Waals surface area contributed by atoms with Crippen molar-refractivity contribution in [2.75, 3.05) is 13.2 Å². The molecule has 0 saturated heterocycles. The lowest BCUT2D eigenvalue weighted by Gasteiger charge is -2.15. The third kappa shape index (κ3) is 54.9. The molecule has 1 atom stereocenters. The van der Waals surface area contributed by atoms with Crippen LogP contribution in [0.2, 0.25) is 0 Å². The summed E-state index contributed by atoms with van der Waals surface area (Å²) in [5.74, 6) is -0.574. The second kappa shape index (κ2) is 56.7. The summed E-state index contributed by atoms with van der Waals surface area (Å²) in [7, 11) is 0. The number of esters is 2. The number of ether oxygens (including phenoxy) is 2. The first-order chi connectivity index (χ1) is 32.1. The molecule has 0 aliphatic rings. The highest BCUT2D eigenvalue weighted by Gasteiger charge is 2.16. The molecule has 5 heteroatoms. The molecular formula is C60H114O5. The van der Waals surface area contributed by atoms with Crippen LogP contribution in [0.4, 0.5) is 0 Å². The number of hydrogen-bond acceptors (Lipinski definition) is 5. The number of aliphatic hydroxyl groups is 1. The van der Waals surface area contributed by atoms with Gasteiger partial charge >= 0.3 is 11.9 Å². The highest BCUT2D eigenvalue weighted by Crippen LogP contribution is 2.18. The van der Waals surface area contributed by atoms with Crippen molar-refractivity contribution in [1.29, 1.82) is 0 Å². The summed E-state index contributed by atoms with van der Waals surface area (Å²) in [6.45, 7) is 4.15. The summed E-state index contributed by atoms with van der Waals surface area (Å²) >= 11 is 0. The average molecular weight is 916 g/mol. The fourth-order valence-electron chi connectivity index (χ4n) is 9.06. The van der Waals surface area contributed by atoms with E-state index in [-0.39, 0.29) is 25.2 Å². The third-order valence-corrected chi connectivity index (χ3v) is 13.5. The monoisotopic (exact) mass is 915 g/mol. The molecule has 0 heterocycles. The van der Waals surface area contributed by atoms with Crippen LogP contribution in [0.3, 0.4) is 0 Å². The molecule has 384 valence electrons. The van der Waals surface area contributed by atoms with Crippen molar-refractivity contribution in [1.82, 2.24) is 0 Å². The minimum atomic E-state index is -0.764. The predicted octanol–water partition coefficient (Wildman–Crippen LogP) is 19.7. The Morgan fingerprint density at radius 3 is 0.908 bits per heavy atom. The third-order valence-electron chi connectivity index (χ3n) is 13.5. The molecule has 0 aliphatic carbocycles. The van der Waals surface area contributed by atoms with Gasteiger partial charge in [0, 0.05) is 12.8 Å². The SMILES string of the molecule is CCCCCCC/C=C\C/C=C\CCCCCCCCCCCCCCCCCCCCCCCCCCCCCCCC(=O)OC(CO)COC(=O)CCCCCCCCCCCC. The van der Waals surface area contributed by atoms with Gasteiger partial charge in [-0.2, -0.15) is 0 Å². The molecule has 1 unspecified atom stereocenters. The van der Waals surface area contributed by atoms with E-state index in [1.807, 2.05) is 0 Å². The molecule has 0 saturated carbocycles. The van der Waals surface area contributed by atoms with Crippen LogP contribution < -0.4 is 0 Å². The first kappa shape index (κ1) is 63.4. The van der Waals surface area contributed by atoms with Crippen LogP contribution in [-0.4, -0.2) is 36.4 Å². The van der Waals surface area contributed by atoms with Gasteiger partial charge in [0.2, 0.25) is 0 Å². The molecule has 0 radical (unpaired) electrons. The highest BCUT2D eigenvalue weighted by atomic mass is 16.6. The molecule has 0 aromatic carbocycles. The number of carbonyl (C=O) groups excluding carboxylic acids is 2. The van der Waals surface area contributed by atoms with Gasteiger partial charge in [-0.1, -0.05) is 295 Å². The van der Waals surface area contributed by atoms with Gasteiger partial charge < -0.3 is 14.6 Å². The standard InChI is InChI=1S/C60H114O5/c1-3-5-7-9-11-13-15-16-17-18-19-20-21-22-23-24-25-26-27-28-29-30-31-32-33-34-35-36-37-38-39-40-41-42-43-44-45-47-49-51-53-55-60(63)65-58(56-61)57-64-59(62)54-52-50-48-46-14-12-10-8-6-4-2/h15-16,18-19,58,61H,3-14,17,20-57H2,1-2H3/b16-15-,19-18-. The van der Waals surface area contributed by atoms with Crippen LogP contribution in [0.15, 0.2) is 24.3 Å². The highest BCUT2D eigenvalue weighted by molar-refractivity contribution is 5.70. The summed E-state index contributed by atoms with van der Waals surface area (Å²) in [5, 5.41) is 9.59. The first-order valence-corrected chi connectivity index (χ1v) is 29.4. The Hall–Kier alpha value is -1.62. The smallest absolute Gasteiger partial charge is 0.306 e. The largest absolute Gasteiger partial charge is 0.462 e. The molecular weight excluding hydrogens is 801 g/mol. The van der Waals surface area contributed by atoms with Gasteiger partial charge in [0.15, 0.2) is 6.10 Å². The van der Waals surface area contributed by atoms with Crippen LogP contribution in [0.25, 0.3) is 0 Å². The summed E-state index contributed by atoms with van der Waals surface area (Å²) in [4.78, 5) is 24.3. The van der Waals surface area contributed by atoms with E-state index >= 15 is 0 Å². The number of hydrogen-bond donors (Lipinski definition) is 1. The van der Waals surface area contributed by atoms with Gasteiger partial charge in [-0.3, -0.25) is 9.59 Å². The zero-order chi connectivity index (χ0) is 47.0. The lowest BCUT2D eigenvalue weighted by atomic mass is 10.0. The van der Waals surface area contributed by atoms with Gasteiger partial charge in [-0.05, 0) is 44.9 Å². The lowest BCUT2D eigenvalue weighted by Crippen LogP contribution is -2.28. The molecule has 1 N–H and O–H groups in total. The topological polar surface area (TPSA) is 72.8 Å². The van der Waals surface area contributed by atoms with E-state index in [9.17, 15) is 14.7 Å². The van der Waals surface area contributed by atoms with Crippen molar-refractivity contribution < 1.29 is 24.2 Å². The number of rotatable bonds is 55. The van der Waals surface area contributed by atoms with E-state index in [1.165, 1.54) is 257 Å². The number of carbonyl (C=O) groups is 2. The van der Waals surface area contributed by atoms with Gasteiger partial charge in [0.1, 0.15) is 6.61 Å². The maximum absolute atomic E-state index is 12.2. The molecule has 65 heavy (non-hydrogen) atoms. The predicted molar refractivity (Wildman–Crippen MR) is 284 cm³/mol. The molecule has 0 aromatic rings. The van der Waals surface area contributed by atoms with Crippen LogP contribution in [-0.2, 0) is 19.1 Å². The van der Waals surface area contributed by atoms with Crippen molar-refractivity contribution in [3.63, 3.8) is 0 Å². The van der Waals surface area contributed by atoms with E-state index in [4.69, 9.17) is 9.47 Å². The quantitative estimate of drug-likeness (QED) is 0.0374. The molecule has 0 spiro atoms. The van der Waals surface area contributed by atoms with Gasteiger partial charge in [-0.25, -0.2) is 0 Å². The van der Waals surface area contributed by atoms with Crippen LogP contribution in [0.5, 0.6) is 0 Å². The second-order valence-corrected chi connectivity index (χ2v) is 20.1. The summed E-state index contributed by atoms with van der Waals surface area (Å²) < 4.78 is 10.6. The Bertz CT molecular complexity index is 990. The van der Waals surface area contributed by atoms with E-state index in [0.29, 0.717) is 12.8 Å². The van der Waals surface area contributed by atoms with Crippen LogP contribution in [0.1, 0.15) is 328 Å². The summed E-state index contributed by atoms with van der Waals surface area (Å²) in [6, 6.07) is 0. The van der Waals surface area contributed by atoms with Crippen molar-refractivity contribution in [2.45, 2.75) is 335 Å². The maximum atomic E-state index is 12.2. The first-order valence-electron chi connectivity index (χ1n) is 29.4. The Morgan fingerprint density at radius 1 is 0.354 bits per heavy atom. The Balaban J connectivity index is 3.31. The Kier molecular flexibility index (Phi) is 55.3. The normalized spacial score (nSPS) is 12.2.